The summed E-state index contributed by atoms with van der Waals surface area (Å²) < 4.78 is 30.0. The lowest BCUT2D eigenvalue weighted by Gasteiger charge is -2.43. The van der Waals surface area contributed by atoms with Crippen LogP contribution in [-0.4, -0.2) is 20.4 Å². The molecule has 0 radical (unpaired) electrons. The Kier molecular flexibility index (Phi) is 4.63. The average molecular weight is 392 g/mol. The van der Waals surface area contributed by atoms with Crippen LogP contribution in [-0.2, 0) is 23.4 Å². The highest BCUT2D eigenvalue weighted by atomic mass is 19.1. The van der Waals surface area contributed by atoms with E-state index in [-0.39, 0.29) is 29.4 Å². The van der Waals surface area contributed by atoms with E-state index in [4.69, 9.17) is 5.26 Å². The Hall–Kier alpha value is -3.53. The summed E-state index contributed by atoms with van der Waals surface area (Å²) in [6.07, 6.45) is 3.51. The average Bonchev–Trinajstić information content (AvgIpc) is 3.20. The fraction of sp³-hybridized carbons (Fsp3) is 0.227. The topological polar surface area (TPSA) is 61.9 Å². The van der Waals surface area contributed by atoms with Crippen LogP contribution in [0.5, 0.6) is 0 Å². The number of imidazole rings is 1. The highest BCUT2D eigenvalue weighted by molar-refractivity contribution is 5.89. The number of rotatable bonds is 4. The van der Waals surface area contributed by atoms with E-state index in [0.29, 0.717) is 13.0 Å². The molecule has 146 valence electrons. The molecule has 1 atom stereocenters. The van der Waals surface area contributed by atoms with E-state index in [1.165, 1.54) is 24.3 Å². The molecule has 2 heterocycles. The Labute approximate surface area is 166 Å². The minimum atomic E-state index is -1.30. The van der Waals surface area contributed by atoms with Crippen molar-refractivity contribution >= 4 is 5.91 Å². The first-order valence-electron chi connectivity index (χ1n) is 9.25. The van der Waals surface area contributed by atoms with E-state index in [0.717, 1.165) is 17.3 Å². The number of halogens is 2. The van der Waals surface area contributed by atoms with E-state index in [1.807, 2.05) is 13.0 Å². The van der Waals surface area contributed by atoms with Gasteiger partial charge in [-0.15, -0.1) is 0 Å². The van der Waals surface area contributed by atoms with Crippen molar-refractivity contribution in [1.82, 2.24) is 14.5 Å². The van der Waals surface area contributed by atoms with Crippen LogP contribution in [0.4, 0.5) is 8.78 Å². The Bertz CT molecular complexity index is 1120. The van der Waals surface area contributed by atoms with Gasteiger partial charge in [-0.25, -0.2) is 13.8 Å². The van der Waals surface area contributed by atoms with Gasteiger partial charge in [0.2, 0.25) is 0 Å². The van der Waals surface area contributed by atoms with Crippen LogP contribution >= 0.6 is 0 Å². The molecule has 0 saturated carbocycles. The van der Waals surface area contributed by atoms with Gasteiger partial charge >= 0.3 is 0 Å². The molecule has 5 nitrogen and oxygen atoms in total. The molecule has 3 aromatic rings. The zero-order chi connectivity index (χ0) is 20.6. The summed E-state index contributed by atoms with van der Waals surface area (Å²) in [5.74, 6) is -1.22. The molecular weight excluding hydrogens is 374 g/mol. The number of benzene rings is 2. The Morgan fingerprint density at radius 1 is 1.21 bits per heavy atom. The monoisotopic (exact) mass is 392 g/mol. The molecule has 1 amide bonds. The number of carbonyl (C=O) groups excluding carboxylic acids is 1. The molecule has 29 heavy (non-hydrogen) atoms. The standard InChI is InChI=1S/C22H18F2N4O/c1-2-22(19-8-5-16(10-25)9-20(19)24)21(29)27(13-18-11-26-14-28(18)22)12-15-3-6-17(23)7-4-15/h3-9,11,14H,2,12-13H2,1H3/t22-/m0/s1. The maximum absolute atomic E-state index is 15.0. The lowest BCUT2D eigenvalue weighted by Crippen LogP contribution is -2.55. The van der Waals surface area contributed by atoms with Crippen molar-refractivity contribution in [3.8, 4) is 6.07 Å². The maximum Gasteiger partial charge on any atom is 0.254 e. The minimum absolute atomic E-state index is 0.190. The number of carbonyl (C=O) groups is 1. The van der Waals surface area contributed by atoms with Crippen molar-refractivity contribution in [1.29, 1.82) is 5.26 Å². The van der Waals surface area contributed by atoms with Crippen LogP contribution in [0.1, 0.15) is 35.7 Å². The molecule has 0 fully saturated rings. The zero-order valence-corrected chi connectivity index (χ0v) is 15.8. The first-order valence-corrected chi connectivity index (χ1v) is 9.25. The maximum atomic E-state index is 15.0. The van der Waals surface area contributed by atoms with Gasteiger partial charge in [0.25, 0.3) is 5.91 Å². The van der Waals surface area contributed by atoms with Crippen LogP contribution in [0.15, 0.2) is 55.0 Å². The fourth-order valence-electron chi connectivity index (χ4n) is 4.03. The lowest BCUT2D eigenvalue weighted by atomic mass is 9.82. The quantitative estimate of drug-likeness (QED) is 0.680. The second-order valence-corrected chi connectivity index (χ2v) is 7.06. The van der Waals surface area contributed by atoms with Gasteiger partial charge in [-0.05, 0) is 36.2 Å². The highest BCUT2D eigenvalue weighted by Gasteiger charge is 2.48. The van der Waals surface area contributed by atoms with Crippen molar-refractivity contribution in [2.45, 2.75) is 32.0 Å². The van der Waals surface area contributed by atoms with Gasteiger partial charge in [0.05, 0.1) is 30.2 Å². The summed E-state index contributed by atoms with van der Waals surface area (Å²) in [6, 6.07) is 12.0. The summed E-state index contributed by atoms with van der Waals surface area (Å²) in [4.78, 5) is 19.5. The Balaban J connectivity index is 1.83. The number of hydrogen-bond acceptors (Lipinski definition) is 3. The molecule has 0 unspecified atom stereocenters. The second-order valence-electron chi connectivity index (χ2n) is 7.06. The lowest BCUT2D eigenvalue weighted by molar-refractivity contribution is -0.143. The molecule has 0 N–H and O–H groups in total. The SMILES string of the molecule is CC[C@]1(c2ccc(C#N)cc2F)C(=O)N(Cc2ccc(F)cc2)Cc2cncn21. The predicted octanol–water partition coefficient (Wildman–Crippen LogP) is 3.73. The third-order valence-electron chi connectivity index (χ3n) is 5.46. The summed E-state index contributed by atoms with van der Waals surface area (Å²) >= 11 is 0. The molecule has 0 aliphatic carbocycles. The van der Waals surface area contributed by atoms with Crippen LogP contribution in [0.3, 0.4) is 0 Å². The van der Waals surface area contributed by atoms with Gasteiger partial charge in [-0.2, -0.15) is 5.26 Å². The fourth-order valence-corrected chi connectivity index (χ4v) is 4.03. The van der Waals surface area contributed by atoms with Crippen molar-refractivity contribution < 1.29 is 13.6 Å². The van der Waals surface area contributed by atoms with Gasteiger partial charge in [-0.1, -0.05) is 25.1 Å². The molecule has 4 rings (SSSR count). The number of aromatic nitrogens is 2. The summed E-state index contributed by atoms with van der Waals surface area (Å²) in [5, 5.41) is 9.05. The van der Waals surface area contributed by atoms with E-state index in [9.17, 15) is 9.18 Å². The molecule has 2 aromatic carbocycles. The third-order valence-corrected chi connectivity index (χ3v) is 5.46. The smallest absolute Gasteiger partial charge is 0.254 e. The van der Waals surface area contributed by atoms with Gasteiger partial charge < -0.3 is 9.47 Å². The molecule has 0 bridgehead atoms. The summed E-state index contributed by atoms with van der Waals surface area (Å²) in [7, 11) is 0. The largest absolute Gasteiger partial charge is 0.330 e. The molecule has 1 aliphatic rings. The second kappa shape index (κ2) is 7.13. The van der Waals surface area contributed by atoms with E-state index in [2.05, 4.69) is 4.98 Å². The van der Waals surface area contributed by atoms with Gasteiger partial charge in [0, 0.05) is 18.3 Å². The summed E-state index contributed by atoms with van der Waals surface area (Å²) in [5.41, 5.74) is 0.638. The summed E-state index contributed by atoms with van der Waals surface area (Å²) in [6.45, 7) is 2.40. The van der Waals surface area contributed by atoms with Crippen LogP contribution in [0.25, 0.3) is 0 Å². The molecular formula is C22H18F2N4O. The number of nitriles is 1. The number of amides is 1. The Morgan fingerprint density at radius 2 is 1.97 bits per heavy atom. The highest BCUT2D eigenvalue weighted by Crippen LogP contribution is 2.39. The Morgan fingerprint density at radius 3 is 2.62 bits per heavy atom. The van der Waals surface area contributed by atoms with Gasteiger partial charge in [0.15, 0.2) is 5.54 Å². The molecule has 0 saturated heterocycles. The van der Waals surface area contributed by atoms with Crippen LogP contribution in [0.2, 0.25) is 0 Å². The zero-order valence-electron chi connectivity index (χ0n) is 15.8. The number of nitrogens with zero attached hydrogens (tertiary/aromatic N) is 4. The van der Waals surface area contributed by atoms with E-state index in [1.54, 1.807) is 34.1 Å². The molecule has 1 aliphatic heterocycles. The minimum Gasteiger partial charge on any atom is -0.330 e. The van der Waals surface area contributed by atoms with Gasteiger partial charge in [0.1, 0.15) is 11.6 Å². The van der Waals surface area contributed by atoms with Crippen molar-refractivity contribution in [2.24, 2.45) is 0 Å². The van der Waals surface area contributed by atoms with Crippen molar-refractivity contribution in [3.05, 3.63) is 89.0 Å². The first kappa shape index (κ1) is 18.8. The van der Waals surface area contributed by atoms with Crippen LogP contribution in [0, 0.1) is 23.0 Å². The van der Waals surface area contributed by atoms with Gasteiger partial charge in [-0.3, -0.25) is 4.79 Å². The molecule has 0 spiro atoms. The van der Waals surface area contributed by atoms with E-state index >= 15 is 4.39 Å². The first-order chi connectivity index (χ1) is 14.0. The third kappa shape index (κ3) is 2.97. The van der Waals surface area contributed by atoms with Crippen molar-refractivity contribution in [2.75, 3.05) is 0 Å². The van der Waals surface area contributed by atoms with Crippen LogP contribution < -0.4 is 0 Å². The predicted molar refractivity (Wildman–Crippen MR) is 101 cm³/mol. The molecule has 7 heteroatoms. The van der Waals surface area contributed by atoms with E-state index < -0.39 is 11.4 Å². The number of hydrogen-bond donors (Lipinski definition) is 0. The van der Waals surface area contributed by atoms with Crippen molar-refractivity contribution in [3.63, 3.8) is 0 Å². The molecule has 1 aromatic heterocycles. The number of fused-ring (bicyclic) bond motifs is 1. The normalized spacial score (nSPS) is 18.4.